The summed E-state index contributed by atoms with van der Waals surface area (Å²) >= 11 is 0. The van der Waals surface area contributed by atoms with Crippen molar-refractivity contribution >= 4 is 9.84 Å². The summed E-state index contributed by atoms with van der Waals surface area (Å²) in [5, 5.41) is 0. The number of hydrogen-bond acceptors (Lipinski definition) is 4. The molecule has 0 aromatic carbocycles. The molecule has 0 spiro atoms. The molecule has 6 heteroatoms. The van der Waals surface area contributed by atoms with Gasteiger partial charge in [-0.15, -0.1) is 0 Å². The van der Waals surface area contributed by atoms with Crippen molar-refractivity contribution in [1.82, 2.24) is 4.57 Å². The Kier molecular flexibility index (Phi) is 2.20. The normalized spacial score (nSPS) is 17.7. The van der Waals surface area contributed by atoms with Crippen molar-refractivity contribution in [3.8, 4) is 0 Å². The van der Waals surface area contributed by atoms with E-state index in [4.69, 9.17) is 5.73 Å². The van der Waals surface area contributed by atoms with Gasteiger partial charge in [-0.25, -0.2) is 8.42 Å². The van der Waals surface area contributed by atoms with Gasteiger partial charge in [-0.3, -0.25) is 4.79 Å². The smallest absolute Gasteiger partial charge is 0.255 e. The number of fused-ring (bicyclic) bond motifs is 1. The minimum atomic E-state index is -3.07. The summed E-state index contributed by atoms with van der Waals surface area (Å²) in [5.41, 5.74) is 6.98. The molecule has 1 aromatic heterocycles. The van der Waals surface area contributed by atoms with Gasteiger partial charge in [-0.05, 0) is 11.6 Å². The molecule has 0 radical (unpaired) electrons. The molecule has 0 amide bonds. The van der Waals surface area contributed by atoms with Crippen LogP contribution in [-0.2, 0) is 34.9 Å². The molecule has 0 saturated heterocycles. The van der Waals surface area contributed by atoms with E-state index in [-0.39, 0.29) is 23.6 Å². The number of nitrogens with two attached hydrogens (primary N) is 1. The second-order valence-corrected chi connectivity index (χ2v) is 5.81. The van der Waals surface area contributed by atoms with E-state index >= 15 is 0 Å². The quantitative estimate of drug-likeness (QED) is 0.687. The van der Waals surface area contributed by atoms with Crippen LogP contribution in [0.25, 0.3) is 0 Å². The Morgan fingerprint density at radius 1 is 1.47 bits per heavy atom. The lowest BCUT2D eigenvalue weighted by atomic mass is 10.1. The number of rotatable bonds is 1. The van der Waals surface area contributed by atoms with E-state index in [2.05, 4.69) is 0 Å². The van der Waals surface area contributed by atoms with Crippen LogP contribution in [0.5, 0.6) is 0 Å². The highest BCUT2D eigenvalue weighted by Gasteiger charge is 2.27. The van der Waals surface area contributed by atoms with E-state index in [0.29, 0.717) is 16.8 Å². The molecule has 0 fully saturated rings. The van der Waals surface area contributed by atoms with Crippen LogP contribution in [0.1, 0.15) is 16.8 Å². The van der Waals surface area contributed by atoms with Crippen molar-refractivity contribution < 1.29 is 8.42 Å². The van der Waals surface area contributed by atoms with Crippen molar-refractivity contribution in [1.29, 1.82) is 0 Å². The van der Waals surface area contributed by atoms with Gasteiger partial charge >= 0.3 is 0 Å². The third-order valence-corrected chi connectivity index (χ3v) is 4.12. The number of nitrogens with zero attached hydrogens (tertiary/aromatic N) is 1. The molecule has 0 bridgehead atoms. The summed E-state index contributed by atoms with van der Waals surface area (Å²) in [5.74, 6) is -0.0254. The van der Waals surface area contributed by atoms with E-state index < -0.39 is 9.84 Å². The molecule has 2 N–H and O–H groups in total. The fourth-order valence-electron chi connectivity index (χ4n) is 1.87. The lowest BCUT2D eigenvalue weighted by molar-refractivity contribution is 0.597. The SMILES string of the molecule is Cn1c2c(cc(CN)c1=O)CS(=O)(=O)C2. The topological polar surface area (TPSA) is 82.2 Å². The predicted octanol–water partition coefficient (Wildman–Crippen LogP) is -0.728. The monoisotopic (exact) mass is 228 g/mol. The molecule has 0 aliphatic carbocycles. The average molecular weight is 228 g/mol. The molecule has 1 aliphatic rings. The second kappa shape index (κ2) is 3.18. The van der Waals surface area contributed by atoms with E-state index in [1.54, 1.807) is 13.1 Å². The van der Waals surface area contributed by atoms with Crippen LogP contribution in [0.2, 0.25) is 0 Å². The molecule has 0 unspecified atom stereocenters. The predicted molar refractivity (Wildman–Crippen MR) is 55.9 cm³/mol. The van der Waals surface area contributed by atoms with Gasteiger partial charge in [-0.1, -0.05) is 0 Å². The zero-order valence-electron chi connectivity index (χ0n) is 8.36. The van der Waals surface area contributed by atoms with Crippen molar-refractivity contribution in [2.75, 3.05) is 0 Å². The summed E-state index contributed by atoms with van der Waals surface area (Å²) in [6.07, 6.45) is 0. The maximum atomic E-state index is 11.7. The summed E-state index contributed by atoms with van der Waals surface area (Å²) in [6.45, 7) is 0.139. The highest BCUT2D eigenvalue weighted by molar-refractivity contribution is 7.90. The van der Waals surface area contributed by atoms with Gasteiger partial charge in [0.2, 0.25) is 0 Å². The van der Waals surface area contributed by atoms with Gasteiger partial charge in [0.15, 0.2) is 9.84 Å². The first-order valence-corrected chi connectivity index (χ1v) is 6.38. The average Bonchev–Trinajstić information content (AvgIpc) is 2.47. The molecular formula is C9H12N2O3S. The third kappa shape index (κ3) is 1.59. The van der Waals surface area contributed by atoms with E-state index in [1.165, 1.54) is 4.57 Å². The highest BCUT2D eigenvalue weighted by atomic mass is 32.2. The van der Waals surface area contributed by atoms with Gasteiger partial charge < -0.3 is 10.3 Å². The largest absolute Gasteiger partial charge is 0.326 e. The van der Waals surface area contributed by atoms with Crippen molar-refractivity contribution in [3.63, 3.8) is 0 Å². The second-order valence-electron chi connectivity index (χ2n) is 3.74. The Morgan fingerprint density at radius 2 is 2.13 bits per heavy atom. The fourth-order valence-corrected chi connectivity index (χ4v) is 3.49. The lowest BCUT2D eigenvalue weighted by Gasteiger charge is -2.07. The van der Waals surface area contributed by atoms with Crippen LogP contribution < -0.4 is 11.3 Å². The Bertz CT molecular complexity index is 572. The standard InChI is InChI=1S/C9H12N2O3S/c1-11-8-5-15(13,14)4-7(8)2-6(3-10)9(11)12/h2H,3-5,10H2,1H3. The van der Waals surface area contributed by atoms with Gasteiger partial charge in [0, 0.05) is 24.8 Å². The van der Waals surface area contributed by atoms with Crippen molar-refractivity contribution in [2.45, 2.75) is 18.1 Å². The molecule has 0 atom stereocenters. The van der Waals surface area contributed by atoms with Gasteiger partial charge in [0.1, 0.15) is 0 Å². The number of sulfone groups is 1. The maximum absolute atomic E-state index is 11.7. The molecule has 0 saturated carbocycles. The summed E-state index contributed by atoms with van der Waals surface area (Å²) < 4.78 is 24.2. The number of pyridine rings is 1. The molecule has 2 rings (SSSR count). The molecular weight excluding hydrogens is 216 g/mol. The molecule has 82 valence electrons. The van der Waals surface area contributed by atoms with Crippen LogP contribution in [0.3, 0.4) is 0 Å². The molecule has 1 aliphatic heterocycles. The Hall–Kier alpha value is -1.14. The molecule has 15 heavy (non-hydrogen) atoms. The van der Waals surface area contributed by atoms with Gasteiger partial charge in [0.05, 0.1) is 11.5 Å². The Labute approximate surface area is 87.4 Å². The highest BCUT2D eigenvalue weighted by Crippen LogP contribution is 2.23. The minimum absolute atomic E-state index is 0.0173. The number of aromatic nitrogens is 1. The zero-order chi connectivity index (χ0) is 11.2. The van der Waals surface area contributed by atoms with Crippen LogP contribution in [0.15, 0.2) is 10.9 Å². The number of hydrogen-bond donors (Lipinski definition) is 1. The first kappa shape index (κ1) is 10.4. The van der Waals surface area contributed by atoms with E-state index in [9.17, 15) is 13.2 Å². The van der Waals surface area contributed by atoms with Crippen LogP contribution in [-0.4, -0.2) is 13.0 Å². The maximum Gasteiger partial charge on any atom is 0.255 e. The summed E-state index contributed by atoms with van der Waals surface area (Å²) in [6, 6.07) is 1.61. The van der Waals surface area contributed by atoms with Gasteiger partial charge in [-0.2, -0.15) is 0 Å². The first-order chi connectivity index (χ1) is 6.94. The third-order valence-electron chi connectivity index (χ3n) is 2.66. The Morgan fingerprint density at radius 3 is 2.73 bits per heavy atom. The lowest BCUT2D eigenvalue weighted by Crippen LogP contribution is -2.25. The van der Waals surface area contributed by atoms with Crippen molar-refractivity contribution in [3.05, 3.63) is 33.2 Å². The fraction of sp³-hybridized carbons (Fsp3) is 0.444. The summed E-state index contributed by atoms with van der Waals surface area (Å²) in [7, 11) is -1.49. The molecule has 1 aromatic rings. The Balaban J connectivity index is 2.72. The molecule has 5 nitrogen and oxygen atoms in total. The minimum Gasteiger partial charge on any atom is -0.326 e. The van der Waals surface area contributed by atoms with E-state index in [1.807, 2.05) is 0 Å². The van der Waals surface area contributed by atoms with Crippen LogP contribution in [0, 0.1) is 0 Å². The van der Waals surface area contributed by atoms with Gasteiger partial charge in [0.25, 0.3) is 5.56 Å². The van der Waals surface area contributed by atoms with Crippen molar-refractivity contribution in [2.24, 2.45) is 12.8 Å². The first-order valence-electron chi connectivity index (χ1n) is 4.56. The van der Waals surface area contributed by atoms with Crippen LogP contribution in [0.4, 0.5) is 0 Å². The summed E-state index contributed by atoms with van der Waals surface area (Å²) in [4.78, 5) is 11.7. The van der Waals surface area contributed by atoms with E-state index in [0.717, 1.165) is 0 Å². The van der Waals surface area contributed by atoms with Crippen LogP contribution >= 0.6 is 0 Å². The molecule has 2 heterocycles. The zero-order valence-corrected chi connectivity index (χ0v) is 9.17.